The third-order valence-electron chi connectivity index (χ3n) is 4.49. The number of anilines is 1. The van der Waals surface area contributed by atoms with Crippen molar-refractivity contribution in [2.24, 2.45) is 0 Å². The number of hydrogen-bond donors (Lipinski definition) is 2. The molecule has 34 heavy (non-hydrogen) atoms. The van der Waals surface area contributed by atoms with Gasteiger partial charge in [-0.2, -0.15) is 18.3 Å². The summed E-state index contributed by atoms with van der Waals surface area (Å²) in [6, 6.07) is 16.1. The second-order valence-corrected chi connectivity index (χ2v) is 10.3. The van der Waals surface area contributed by atoms with Crippen molar-refractivity contribution in [2.75, 3.05) is 5.32 Å². The molecule has 0 aliphatic heterocycles. The maximum absolute atomic E-state index is 13.3. The van der Waals surface area contributed by atoms with E-state index >= 15 is 0 Å². The molecule has 0 bridgehead atoms. The molecule has 0 spiro atoms. The lowest BCUT2D eigenvalue weighted by molar-refractivity contribution is -0.141. The number of sulfonamides is 1. The molecule has 0 atom stereocenters. The predicted molar refractivity (Wildman–Crippen MR) is 130 cm³/mol. The van der Waals surface area contributed by atoms with Crippen molar-refractivity contribution in [1.29, 1.82) is 0 Å². The molecule has 4 rings (SSSR count). The smallest absolute Gasteiger partial charge is 0.332 e. The zero-order chi connectivity index (χ0) is 24.5. The Labute approximate surface area is 207 Å². The molecule has 0 aliphatic carbocycles. The van der Waals surface area contributed by atoms with E-state index in [2.05, 4.69) is 15.1 Å². The van der Waals surface area contributed by atoms with Gasteiger partial charge in [-0.3, -0.25) is 4.72 Å². The van der Waals surface area contributed by atoms with Crippen molar-refractivity contribution in [1.82, 2.24) is 14.5 Å². The maximum atomic E-state index is 13.3. The van der Waals surface area contributed by atoms with E-state index in [-0.39, 0.29) is 21.4 Å². The molecule has 0 unspecified atom stereocenters. The number of aromatic nitrogens is 2. The average molecular weight is 543 g/mol. The number of benzene rings is 2. The van der Waals surface area contributed by atoms with Gasteiger partial charge in [-0.25, -0.2) is 13.1 Å². The Morgan fingerprint density at radius 1 is 1.06 bits per heavy atom. The number of nitrogens with zero attached hydrogens (tertiary/aromatic N) is 2. The summed E-state index contributed by atoms with van der Waals surface area (Å²) in [5.74, 6) is 0. The van der Waals surface area contributed by atoms with E-state index in [1.54, 1.807) is 41.8 Å². The van der Waals surface area contributed by atoms with Crippen LogP contribution in [0.2, 0.25) is 5.02 Å². The lowest BCUT2D eigenvalue weighted by Gasteiger charge is -2.12. The van der Waals surface area contributed by atoms with Gasteiger partial charge in [0.25, 0.3) is 10.0 Å². The van der Waals surface area contributed by atoms with Crippen LogP contribution in [0.25, 0.3) is 16.3 Å². The number of nitrogens with one attached hydrogen (secondary N) is 2. The second kappa shape index (κ2) is 9.37. The van der Waals surface area contributed by atoms with Crippen LogP contribution in [-0.4, -0.2) is 23.3 Å². The Morgan fingerprint density at radius 2 is 1.74 bits per heavy atom. The van der Waals surface area contributed by atoms with Crippen LogP contribution >= 0.6 is 35.2 Å². The minimum Gasteiger partial charge on any atom is -0.332 e. The van der Waals surface area contributed by atoms with E-state index in [9.17, 15) is 21.6 Å². The molecule has 2 aromatic carbocycles. The van der Waals surface area contributed by atoms with Crippen LogP contribution in [0.15, 0.2) is 77.0 Å². The van der Waals surface area contributed by atoms with Gasteiger partial charge >= 0.3 is 6.18 Å². The molecule has 0 saturated heterocycles. The van der Waals surface area contributed by atoms with E-state index in [1.807, 2.05) is 0 Å². The monoisotopic (exact) mass is 542 g/mol. The van der Waals surface area contributed by atoms with Crippen molar-refractivity contribution >= 4 is 56.0 Å². The third kappa shape index (κ3) is 5.41. The quantitative estimate of drug-likeness (QED) is 0.305. The van der Waals surface area contributed by atoms with Crippen LogP contribution in [-0.2, 0) is 16.2 Å². The normalized spacial score (nSPS) is 11.9. The van der Waals surface area contributed by atoms with E-state index in [0.29, 0.717) is 15.6 Å². The number of thiophene rings is 1. The summed E-state index contributed by atoms with van der Waals surface area (Å²) in [5, 5.41) is 8.52. The van der Waals surface area contributed by atoms with Gasteiger partial charge in [0.2, 0.25) is 0 Å². The van der Waals surface area contributed by atoms with Gasteiger partial charge in [-0.15, -0.1) is 11.3 Å². The van der Waals surface area contributed by atoms with Gasteiger partial charge in [0.05, 0.1) is 21.2 Å². The first-order chi connectivity index (χ1) is 16.0. The first-order valence-electron chi connectivity index (χ1n) is 9.44. The Bertz CT molecular complexity index is 1420. The van der Waals surface area contributed by atoms with Gasteiger partial charge < -0.3 is 5.32 Å². The second-order valence-electron chi connectivity index (χ2n) is 6.86. The fraction of sp³-hybridized carbons (Fsp3) is 0.0476. The summed E-state index contributed by atoms with van der Waals surface area (Å²) < 4.78 is 68.6. The van der Waals surface area contributed by atoms with Crippen molar-refractivity contribution < 1.29 is 21.6 Å². The van der Waals surface area contributed by atoms with Crippen LogP contribution in [0, 0.1) is 0 Å². The zero-order valence-electron chi connectivity index (χ0n) is 16.9. The highest BCUT2D eigenvalue weighted by atomic mass is 35.5. The molecule has 4 aromatic rings. The summed E-state index contributed by atoms with van der Waals surface area (Å²) in [4.78, 5) is 0.456. The number of thiocarbonyl (C=S) groups is 1. The van der Waals surface area contributed by atoms with Gasteiger partial charge in [0.15, 0.2) is 10.8 Å². The topological polar surface area (TPSA) is 76.0 Å². The lowest BCUT2D eigenvalue weighted by Crippen LogP contribution is -2.34. The fourth-order valence-corrected chi connectivity index (χ4v) is 5.16. The first-order valence-corrected chi connectivity index (χ1v) is 12.6. The largest absolute Gasteiger partial charge is 0.435 e. The van der Waals surface area contributed by atoms with E-state index < -0.39 is 21.9 Å². The Morgan fingerprint density at radius 3 is 2.32 bits per heavy atom. The lowest BCUT2D eigenvalue weighted by atomic mass is 10.2. The molecule has 6 nitrogen and oxygen atoms in total. The van der Waals surface area contributed by atoms with Crippen molar-refractivity contribution in [3.8, 4) is 16.3 Å². The summed E-state index contributed by atoms with van der Waals surface area (Å²) >= 11 is 12.1. The summed E-state index contributed by atoms with van der Waals surface area (Å²) in [6.45, 7) is 0. The molecule has 2 aromatic heterocycles. The summed E-state index contributed by atoms with van der Waals surface area (Å²) in [5.41, 5.74) is -0.00953. The highest BCUT2D eigenvalue weighted by Crippen LogP contribution is 2.34. The molecule has 176 valence electrons. The number of rotatable bonds is 5. The molecular formula is C21H14ClF3N4O2S3. The van der Waals surface area contributed by atoms with Crippen LogP contribution in [0.4, 0.5) is 18.9 Å². The highest BCUT2D eigenvalue weighted by molar-refractivity contribution is 7.92. The molecule has 0 amide bonds. The minimum atomic E-state index is -4.63. The van der Waals surface area contributed by atoms with Crippen molar-refractivity contribution in [2.45, 2.75) is 11.1 Å². The number of halogens is 4. The molecule has 2 N–H and O–H groups in total. The van der Waals surface area contributed by atoms with Crippen LogP contribution in [0.3, 0.4) is 0 Å². The average Bonchev–Trinajstić information content (AvgIpc) is 3.45. The van der Waals surface area contributed by atoms with Gasteiger partial charge in [-0.1, -0.05) is 17.7 Å². The number of hydrogen-bond acceptors (Lipinski definition) is 5. The van der Waals surface area contributed by atoms with E-state index in [0.717, 1.165) is 10.7 Å². The third-order valence-corrected chi connectivity index (χ3v) is 7.34. The molecule has 13 heteroatoms. The predicted octanol–water partition coefficient (Wildman–Crippen LogP) is 5.95. The minimum absolute atomic E-state index is 0.127. The fourth-order valence-electron chi connectivity index (χ4n) is 2.95. The highest BCUT2D eigenvalue weighted by Gasteiger charge is 2.35. The molecule has 0 radical (unpaired) electrons. The Hall–Kier alpha value is -2.93. The zero-order valence-corrected chi connectivity index (χ0v) is 20.1. The molecule has 0 saturated carbocycles. The molecule has 0 aliphatic rings. The molecular weight excluding hydrogens is 529 g/mol. The van der Waals surface area contributed by atoms with Gasteiger partial charge in [0.1, 0.15) is 0 Å². The maximum Gasteiger partial charge on any atom is 0.435 e. The van der Waals surface area contributed by atoms with E-state index in [4.69, 9.17) is 23.8 Å². The molecule has 2 heterocycles. The first kappa shape index (κ1) is 24.2. The van der Waals surface area contributed by atoms with Gasteiger partial charge in [-0.05, 0) is 78.3 Å². The van der Waals surface area contributed by atoms with Gasteiger partial charge in [0, 0.05) is 10.7 Å². The van der Waals surface area contributed by atoms with Crippen LogP contribution in [0.1, 0.15) is 5.69 Å². The molecule has 0 fully saturated rings. The summed E-state index contributed by atoms with van der Waals surface area (Å²) in [7, 11) is -4.05. The Balaban J connectivity index is 1.57. The summed E-state index contributed by atoms with van der Waals surface area (Å²) in [6.07, 6.45) is -4.63. The number of alkyl halides is 3. The van der Waals surface area contributed by atoms with Crippen LogP contribution in [0.5, 0.6) is 0 Å². The van der Waals surface area contributed by atoms with E-state index in [1.165, 1.54) is 35.6 Å². The van der Waals surface area contributed by atoms with Crippen molar-refractivity contribution in [3.63, 3.8) is 0 Å². The van der Waals surface area contributed by atoms with Crippen LogP contribution < -0.4 is 10.0 Å². The standard InChI is InChI=1S/C21H14ClF3N4O2S3/c22-13-3-5-14(6-4-13)26-20(32)28-34(30,31)16-9-7-15(8-10-16)29-17(18-2-1-11-33-18)12-19(27-29)21(23,24)25/h1-12H,(H2,26,28,32). The SMILES string of the molecule is O=S(=O)(NC(=S)Nc1ccc(Cl)cc1)c1ccc(-n2nc(C(F)(F)F)cc2-c2cccs2)cc1. The Kier molecular flexibility index (Phi) is 6.67. The van der Waals surface area contributed by atoms with Crippen molar-refractivity contribution in [3.05, 3.63) is 82.8 Å².